The van der Waals surface area contributed by atoms with Crippen molar-refractivity contribution in [1.29, 1.82) is 0 Å². The molecule has 0 saturated heterocycles. The average molecular weight is 346 g/mol. The predicted octanol–water partition coefficient (Wildman–Crippen LogP) is 2.20. The largest absolute Gasteiger partial charge is 0.360 e. The molecule has 0 radical (unpaired) electrons. The van der Waals surface area contributed by atoms with Crippen molar-refractivity contribution in [2.75, 3.05) is 5.32 Å². The Morgan fingerprint density at radius 3 is 3.04 bits per heavy atom. The second-order valence-corrected chi connectivity index (χ2v) is 6.53. The number of carbonyl (C=O) groups excluding carboxylic acids is 1. The molecule has 2 aromatic heterocycles. The number of aromatic nitrogens is 4. The fraction of sp³-hybridized carbons (Fsp3) is 0.647. The lowest BCUT2D eigenvalue weighted by molar-refractivity contribution is -0.118. The standard InChI is InChI=1S/C17H26N6O2/c1-3-4-7-13(17(24)19-14-10-12(2)25-22-14)18-11-16-21-20-15-8-5-6-9-23(15)16/h10,13,18H,3-9,11H2,1-2H3,(H,19,22,24). The topological polar surface area (TPSA) is 97.9 Å². The first-order chi connectivity index (χ1) is 12.2. The van der Waals surface area contributed by atoms with E-state index in [0.717, 1.165) is 50.3 Å². The SMILES string of the molecule is CCCCC(NCc1nnc2n1CCCC2)C(=O)Nc1cc(C)on1. The van der Waals surface area contributed by atoms with Gasteiger partial charge in [0.25, 0.3) is 0 Å². The number of amides is 1. The number of hydrogen-bond acceptors (Lipinski definition) is 6. The number of unbranched alkanes of at least 4 members (excludes halogenated alkanes) is 1. The maximum Gasteiger partial charge on any atom is 0.242 e. The van der Waals surface area contributed by atoms with Crippen LogP contribution in [0.2, 0.25) is 0 Å². The summed E-state index contributed by atoms with van der Waals surface area (Å²) in [5.74, 6) is 2.98. The molecule has 0 fully saturated rings. The summed E-state index contributed by atoms with van der Waals surface area (Å²) in [6.07, 6.45) is 6.08. The van der Waals surface area contributed by atoms with Crippen LogP contribution in [0.15, 0.2) is 10.6 Å². The van der Waals surface area contributed by atoms with E-state index < -0.39 is 0 Å². The van der Waals surface area contributed by atoms with Crippen LogP contribution in [0.4, 0.5) is 5.82 Å². The first kappa shape index (κ1) is 17.6. The summed E-state index contributed by atoms with van der Waals surface area (Å²) in [7, 11) is 0. The van der Waals surface area contributed by atoms with Crippen LogP contribution < -0.4 is 10.6 Å². The molecule has 0 spiro atoms. The highest BCUT2D eigenvalue weighted by atomic mass is 16.5. The Bertz CT molecular complexity index is 708. The second kappa shape index (κ2) is 8.24. The second-order valence-electron chi connectivity index (χ2n) is 6.53. The minimum atomic E-state index is -0.298. The number of nitrogens with one attached hydrogen (secondary N) is 2. The van der Waals surface area contributed by atoms with Gasteiger partial charge in [0.1, 0.15) is 17.4 Å². The van der Waals surface area contributed by atoms with E-state index in [1.54, 1.807) is 13.0 Å². The number of hydrogen-bond donors (Lipinski definition) is 2. The van der Waals surface area contributed by atoms with E-state index in [2.05, 4.69) is 37.5 Å². The Kier molecular flexibility index (Phi) is 5.80. The Morgan fingerprint density at radius 2 is 2.28 bits per heavy atom. The third-order valence-electron chi connectivity index (χ3n) is 4.48. The summed E-state index contributed by atoms with van der Waals surface area (Å²) in [5.41, 5.74) is 0. The van der Waals surface area contributed by atoms with E-state index in [1.807, 2.05) is 0 Å². The van der Waals surface area contributed by atoms with Crippen LogP contribution >= 0.6 is 0 Å². The number of fused-ring (bicyclic) bond motifs is 1. The minimum absolute atomic E-state index is 0.0971. The molecule has 3 heterocycles. The zero-order valence-corrected chi connectivity index (χ0v) is 14.9. The van der Waals surface area contributed by atoms with Crippen molar-refractivity contribution in [2.24, 2.45) is 0 Å². The molecule has 8 nitrogen and oxygen atoms in total. The Labute approximate surface area is 147 Å². The summed E-state index contributed by atoms with van der Waals surface area (Å²) >= 11 is 0. The lowest BCUT2D eigenvalue weighted by atomic mass is 10.1. The van der Waals surface area contributed by atoms with Crippen LogP contribution in [-0.2, 0) is 24.3 Å². The highest BCUT2D eigenvalue weighted by molar-refractivity contribution is 5.93. The molecular formula is C17H26N6O2. The van der Waals surface area contributed by atoms with Gasteiger partial charge in [-0.25, -0.2) is 0 Å². The number of nitrogens with zero attached hydrogens (tertiary/aromatic N) is 4. The van der Waals surface area contributed by atoms with E-state index >= 15 is 0 Å². The fourth-order valence-corrected chi connectivity index (χ4v) is 3.09. The quantitative estimate of drug-likeness (QED) is 0.760. The van der Waals surface area contributed by atoms with Crippen molar-refractivity contribution >= 4 is 11.7 Å². The molecule has 1 amide bonds. The zero-order valence-electron chi connectivity index (χ0n) is 14.9. The summed E-state index contributed by atoms with van der Waals surface area (Å²) in [6, 6.07) is 1.41. The van der Waals surface area contributed by atoms with Gasteiger partial charge in [-0.15, -0.1) is 10.2 Å². The van der Waals surface area contributed by atoms with Gasteiger partial charge in [-0.2, -0.15) is 0 Å². The van der Waals surface area contributed by atoms with Crippen molar-refractivity contribution in [3.8, 4) is 0 Å². The third kappa shape index (κ3) is 4.45. The first-order valence-electron chi connectivity index (χ1n) is 9.06. The van der Waals surface area contributed by atoms with Crippen LogP contribution in [0, 0.1) is 6.92 Å². The van der Waals surface area contributed by atoms with E-state index in [0.29, 0.717) is 18.1 Å². The van der Waals surface area contributed by atoms with E-state index in [-0.39, 0.29) is 11.9 Å². The van der Waals surface area contributed by atoms with E-state index in [9.17, 15) is 4.79 Å². The van der Waals surface area contributed by atoms with Crippen LogP contribution in [0.1, 0.15) is 56.4 Å². The number of rotatable bonds is 8. The lowest BCUT2D eigenvalue weighted by Crippen LogP contribution is -2.40. The summed E-state index contributed by atoms with van der Waals surface area (Å²) in [4.78, 5) is 12.6. The summed E-state index contributed by atoms with van der Waals surface area (Å²) < 4.78 is 7.17. The van der Waals surface area contributed by atoms with E-state index in [4.69, 9.17) is 4.52 Å². The normalized spacial score (nSPS) is 15.0. The molecule has 136 valence electrons. The molecule has 1 atom stereocenters. The molecular weight excluding hydrogens is 320 g/mol. The van der Waals surface area contributed by atoms with Crippen LogP contribution in [-0.4, -0.2) is 31.9 Å². The van der Waals surface area contributed by atoms with Crippen molar-refractivity contribution in [1.82, 2.24) is 25.2 Å². The highest BCUT2D eigenvalue weighted by Gasteiger charge is 2.21. The van der Waals surface area contributed by atoms with Gasteiger partial charge in [0.2, 0.25) is 5.91 Å². The summed E-state index contributed by atoms with van der Waals surface area (Å²) in [6.45, 7) is 5.41. The molecule has 3 rings (SSSR count). The molecule has 1 aliphatic rings. The van der Waals surface area contributed by atoms with Crippen LogP contribution in [0.5, 0.6) is 0 Å². The molecule has 0 aromatic carbocycles. The van der Waals surface area contributed by atoms with Crippen LogP contribution in [0.25, 0.3) is 0 Å². The van der Waals surface area contributed by atoms with Crippen molar-refractivity contribution in [3.63, 3.8) is 0 Å². The molecule has 1 unspecified atom stereocenters. The third-order valence-corrected chi connectivity index (χ3v) is 4.48. The molecule has 0 bridgehead atoms. The van der Waals surface area contributed by atoms with Gasteiger partial charge < -0.3 is 14.4 Å². The van der Waals surface area contributed by atoms with Gasteiger partial charge in [-0.1, -0.05) is 24.9 Å². The Balaban J connectivity index is 1.62. The van der Waals surface area contributed by atoms with Gasteiger partial charge >= 0.3 is 0 Å². The van der Waals surface area contributed by atoms with Gasteiger partial charge in [0.05, 0.1) is 12.6 Å². The zero-order chi connectivity index (χ0) is 17.6. The fourth-order valence-electron chi connectivity index (χ4n) is 3.09. The number of carbonyl (C=O) groups is 1. The van der Waals surface area contributed by atoms with Gasteiger partial charge in [-0.3, -0.25) is 10.1 Å². The minimum Gasteiger partial charge on any atom is -0.360 e. The predicted molar refractivity (Wildman–Crippen MR) is 93.0 cm³/mol. The molecule has 1 aliphatic heterocycles. The Morgan fingerprint density at radius 1 is 1.40 bits per heavy atom. The van der Waals surface area contributed by atoms with Crippen LogP contribution in [0.3, 0.4) is 0 Å². The molecule has 2 N–H and O–H groups in total. The molecule has 25 heavy (non-hydrogen) atoms. The maximum atomic E-state index is 12.6. The molecule has 8 heteroatoms. The van der Waals surface area contributed by atoms with Crippen molar-refractivity contribution < 1.29 is 9.32 Å². The van der Waals surface area contributed by atoms with Gasteiger partial charge in [0.15, 0.2) is 5.82 Å². The summed E-state index contributed by atoms with van der Waals surface area (Å²) in [5, 5.41) is 18.5. The Hall–Kier alpha value is -2.22. The number of anilines is 1. The highest BCUT2D eigenvalue weighted by Crippen LogP contribution is 2.15. The van der Waals surface area contributed by atoms with Gasteiger partial charge in [-0.05, 0) is 26.2 Å². The monoisotopic (exact) mass is 346 g/mol. The maximum absolute atomic E-state index is 12.6. The first-order valence-corrected chi connectivity index (χ1v) is 9.06. The number of aryl methyl sites for hydroxylation is 2. The molecule has 0 aliphatic carbocycles. The van der Waals surface area contributed by atoms with Gasteiger partial charge in [0, 0.05) is 19.0 Å². The molecule has 0 saturated carbocycles. The van der Waals surface area contributed by atoms with E-state index in [1.165, 1.54) is 6.42 Å². The lowest BCUT2D eigenvalue weighted by Gasteiger charge is -2.19. The average Bonchev–Trinajstić information content (AvgIpc) is 3.21. The van der Waals surface area contributed by atoms with Crippen molar-refractivity contribution in [2.45, 2.75) is 71.5 Å². The smallest absolute Gasteiger partial charge is 0.242 e. The molecule has 2 aromatic rings. The van der Waals surface area contributed by atoms with Crippen molar-refractivity contribution in [3.05, 3.63) is 23.5 Å².